The van der Waals surface area contributed by atoms with E-state index in [9.17, 15) is 13.2 Å². The predicted molar refractivity (Wildman–Crippen MR) is 105 cm³/mol. The minimum Gasteiger partial charge on any atom is -0.368 e. The van der Waals surface area contributed by atoms with Crippen LogP contribution in [0.15, 0.2) is 24.3 Å². The van der Waals surface area contributed by atoms with E-state index in [-0.39, 0.29) is 18.2 Å². The van der Waals surface area contributed by atoms with Gasteiger partial charge >= 0.3 is 0 Å². The van der Waals surface area contributed by atoms with E-state index in [0.29, 0.717) is 37.6 Å². The molecule has 9 heteroatoms. The average Bonchev–Trinajstić information content (AvgIpc) is 2.60. The van der Waals surface area contributed by atoms with E-state index < -0.39 is 10.0 Å². The molecule has 1 N–H and O–H groups in total. The highest BCUT2D eigenvalue weighted by atomic mass is 79.9. The monoisotopic (exact) mass is 451 g/mol. The molecule has 1 fully saturated rings. The van der Waals surface area contributed by atoms with Gasteiger partial charge in [0, 0.05) is 44.5 Å². The van der Waals surface area contributed by atoms with Gasteiger partial charge in [0.1, 0.15) is 0 Å². The number of carbonyl (C=O) groups excluding carboxylic acids is 1. The van der Waals surface area contributed by atoms with Crippen LogP contribution in [0.1, 0.15) is 12.8 Å². The SMILES string of the molecule is O=C(CCCBr)NCCS(=O)(=O)N1CCN(c2ccccc2Cl)CC1. The highest BCUT2D eigenvalue weighted by molar-refractivity contribution is 9.09. The average molecular weight is 453 g/mol. The second-order valence-corrected chi connectivity index (χ2v) is 9.08. The van der Waals surface area contributed by atoms with Crippen LogP contribution < -0.4 is 10.2 Å². The smallest absolute Gasteiger partial charge is 0.220 e. The number of nitrogens with zero attached hydrogens (tertiary/aromatic N) is 2. The summed E-state index contributed by atoms with van der Waals surface area (Å²) < 4.78 is 26.3. The molecule has 1 heterocycles. The molecule has 1 amide bonds. The Kier molecular flexibility index (Phi) is 7.99. The molecule has 0 unspecified atom stereocenters. The molecule has 1 aliphatic rings. The van der Waals surface area contributed by atoms with Gasteiger partial charge in [0.05, 0.1) is 16.5 Å². The van der Waals surface area contributed by atoms with E-state index >= 15 is 0 Å². The molecule has 1 aliphatic heterocycles. The van der Waals surface area contributed by atoms with Crippen LogP contribution in [0.4, 0.5) is 5.69 Å². The number of sulfonamides is 1. The standard InChI is InChI=1S/C16H23BrClN3O3S/c17-7-3-6-16(22)19-8-13-25(23,24)21-11-9-20(10-12-21)15-5-2-1-4-14(15)18/h1-2,4-5H,3,6-13H2,(H,19,22). The second-order valence-electron chi connectivity index (χ2n) is 5.80. The number of amides is 1. The van der Waals surface area contributed by atoms with Crippen molar-refractivity contribution in [3.05, 3.63) is 29.3 Å². The van der Waals surface area contributed by atoms with E-state index in [2.05, 4.69) is 26.1 Å². The van der Waals surface area contributed by atoms with Crippen molar-refractivity contribution >= 4 is 49.1 Å². The van der Waals surface area contributed by atoms with E-state index in [0.717, 1.165) is 17.4 Å². The minimum atomic E-state index is -3.37. The molecule has 2 rings (SSSR count). The molecule has 6 nitrogen and oxygen atoms in total. The first-order valence-corrected chi connectivity index (χ1v) is 11.3. The van der Waals surface area contributed by atoms with Gasteiger partial charge in [-0.2, -0.15) is 4.31 Å². The lowest BCUT2D eigenvalue weighted by Gasteiger charge is -2.35. The fourth-order valence-corrected chi connectivity index (χ4v) is 4.55. The summed E-state index contributed by atoms with van der Waals surface area (Å²) in [5, 5.41) is 4.09. The third kappa shape index (κ3) is 6.13. The number of halogens is 2. The van der Waals surface area contributed by atoms with Crippen LogP contribution in [0.2, 0.25) is 5.02 Å². The Labute approximate surface area is 162 Å². The largest absolute Gasteiger partial charge is 0.368 e. The van der Waals surface area contributed by atoms with Gasteiger partial charge in [-0.15, -0.1) is 0 Å². The lowest BCUT2D eigenvalue weighted by Crippen LogP contribution is -2.50. The number of hydrogen-bond donors (Lipinski definition) is 1. The van der Waals surface area contributed by atoms with Crippen LogP contribution >= 0.6 is 27.5 Å². The number of rotatable bonds is 8. The highest BCUT2D eigenvalue weighted by Crippen LogP contribution is 2.26. The van der Waals surface area contributed by atoms with Crippen molar-refractivity contribution in [3.8, 4) is 0 Å². The fourth-order valence-electron chi connectivity index (χ4n) is 2.68. The minimum absolute atomic E-state index is 0.0703. The molecule has 140 valence electrons. The first kappa shape index (κ1) is 20.5. The quantitative estimate of drug-likeness (QED) is 0.613. The summed E-state index contributed by atoms with van der Waals surface area (Å²) in [7, 11) is -3.37. The Balaban J connectivity index is 1.81. The number of alkyl halides is 1. The molecule has 0 aromatic heterocycles. The Morgan fingerprint density at radius 3 is 2.52 bits per heavy atom. The lowest BCUT2D eigenvalue weighted by atomic mass is 10.2. The van der Waals surface area contributed by atoms with Gasteiger partial charge in [-0.1, -0.05) is 39.7 Å². The first-order chi connectivity index (χ1) is 11.9. The maximum absolute atomic E-state index is 12.4. The fraction of sp³-hybridized carbons (Fsp3) is 0.562. The molecular formula is C16H23BrClN3O3S. The van der Waals surface area contributed by atoms with Crippen molar-refractivity contribution in [2.24, 2.45) is 0 Å². The number of carbonyl (C=O) groups is 1. The molecule has 25 heavy (non-hydrogen) atoms. The van der Waals surface area contributed by atoms with Crippen LogP contribution in [-0.4, -0.2) is 62.4 Å². The summed E-state index contributed by atoms with van der Waals surface area (Å²) in [6, 6.07) is 7.56. The van der Waals surface area contributed by atoms with Gasteiger partial charge in [0.25, 0.3) is 0 Å². The van der Waals surface area contributed by atoms with E-state index in [1.165, 1.54) is 4.31 Å². The van der Waals surface area contributed by atoms with Crippen molar-refractivity contribution in [1.82, 2.24) is 9.62 Å². The Morgan fingerprint density at radius 1 is 1.20 bits per heavy atom. The second kappa shape index (κ2) is 9.75. The number of hydrogen-bond acceptors (Lipinski definition) is 4. The van der Waals surface area contributed by atoms with Gasteiger partial charge in [-0.05, 0) is 18.6 Å². The van der Waals surface area contributed by atoms with Crippen LogP contribution in [0, 0.1) is 0 Å². The molecule has 1 aromatic rings. The summed E-state index contributed by atoms with van der Waals surface area (Å²) in [6.45, 7) is 2.19. The first-order valence-electron chi connectivity index (χ1n) is 8.24. The summed E-state index contributed by atoms with van der Waals surface area (Å²) in [6.07, 6.45) is 1.14. The van der Waals surface area contributed by atoms with Crippen molar-refractivity contribution in [2.75, 3.05) is 48.7 Å². The lowest BCUT2D eigenvalue weighted by molar-refractivity contribution is -0.120. The van der Waals surface area contributed by atoms with Gasteiger partial charge in [-0.25, -0.2) is 8.42 Å². The summed E-state index contributed by atoms with van der Waals surface area (Å²) in [4.78, 5) is 13.6. The van der Waals surface area contributed by atoms with E-state index in [4.69, 9.17) is 11.6 Å². The maximum Gasteiger partial charge on any atom is 0.220 e. The number of benzene rings is 1. The molecule has 0 saturated carbocycles. The molecular weight excluding hydrogens is 430 g/mol. The predicted octanol–water partition coefficient (Wildman–Crippen LogP) is 2.08. The number of anilines is 1. The zero-order chi connectivity index (χ0) is 18.3. The molecule has 1 saturated heterocycles. The zero-order valence-electron chi connectivity index (χ0n) is 14.0. The van der Waals surface area contributed by atoms with Crippen LogP contribution in [0.25, 0.3) is 0 Å². The summed E-state index contributed by atoms with van der Waals surface area (Å²) in [5.41, 5.74) is 0.931. The highest BCUT2D eigenvalue weighted by Gasteiger charge is 2.27. The van der Waals surface area contributed by atoms with Gasteiger partial charge in [0.15, 0.2) is 0 Å². The van der Waals surface area contributed by atoms with Crippen LogP contribution in [-0.2, 0) is 14.8 Å². The molecule has 0 radical (unpaired) electrons. The Morgan fingerprint density at radius 2 is 1.88 bits per heavy atom. The third-order valence-corrected chi connectivity index (χ3v) is 6.80. The van der Waals surface area contributed by atoms with Crippen LogP contribution in [0.5, 0.6) is 0 Å². The molecule has 0 atom stereocenters. The van der Waals surface area contributed by atoms with Gasteiger partial charge < -0.3 is 10.2 Å². The number of nitrogens with one attached hydrogen (secondary N) is 1. The zero-order valence-corrected chi connectivity index (χ0v) is 17.1. The third-order valence-electron chi connectivity index (χ3n) is 4.04. The summed E-state index contributed by atoms with van der Waals surface area (Å²) >= 11 is 9.46. The van der Waals surface area contributed by atoms with E-state index in [1.54, 1.807) is 0 Å². The maximum atomic E-state index is 12.4. The normalized spacial score (nSPS) is 16.0. The molecule has 1 aromatic carbocycles. The van der Waals surface area contributed by atoms with Crippen molar-refractivity contribution in [3.63, 3.8) is 0 Å². The Bertz CT molecular complexity index is 679. The van der Waals surface area contributed by atoms with Gasteiger partial charge in [0.2, 0.25) is 15.9 Å². The number of para-hydroxylation sites is 1. The van der Waals surface area contributed by atoms with Crippen LogP contribution in [0.3, 0.4) is 0 Å². The summed E-state index contributed by atoms with van der Waals surface area (Å²) in [5.74, 6) is -0.183. The molecule has 0 aliphatic carbocycles. The van der Waals surface area contributed by atoms with Crippen molar-refractivity contribution < 1.29 is 13.2 Å². The van der Waals surface area contributed by atoms with Crippen molar-refractivity contribution in [1.29, 1.82) is 0 Å². The van der Waals surface area contributed by atoms with Crippen molar-refractivity contribution in [2.45, 2.75) is 12.8 Å². The van der Waals surface area contributed by atoms with E-state index in [1.807, 2.05) is 24.3 Å². The Hall–Kier alpha value is -0.830. The molecule has 0 bridgehead atoms. The topological polar surface area (TPSA) is 69.7 Å². The number of piperazine rings is 1. The van der Waals surface area contributed by atoms with Gasteiger partial charge in [-0.3, -0.25) is 4.79 Å². The molecule has 0 spiro atoms.